The molecule has 0 spiro atoms. The van der Waals surface area contributed by atoms with Crippen LogP contribution in [0.25, 0.3) is 11.3 Å². The molecule has 1 N–H and O–H groups in total. The Morgan fingerprint density at radius 3 is 2.50 bits per heavy atom. The monoisotopic (exact) mass is 253 g/mol. The number of halogens is 3. The van der Waals surface area contributed by atoms with Gasteiger partial charge in [-0.15, -0.1) is 0 Å². The van der Waals surface area contributed by atoms with Gasteiger partial charge in [-0.25, -0.2) is 4.98 Å². The average molecular weight is 253 g/mol. The topological polar surface area (TPSA) is 33.1 Å². The molecule has 0 bridgehead atoms. The van der Waals surface area contributed by atoms with E-state index in [2.05, 4.69) is 4.98 Å². The van der Waals surface area contributed by atoms with Crippen LogP contribution in [0, 0.1) is 6.92 Å². The standard InChI is InChI=1S/C13H10F3NO/c1-8-5-6-11(18)12(17-8)9-3-2-4-10(7-9)13(14,15)16/h2-7,18H,1H3. The highest BCUT2D eigenvalue weighted by atomic mass is 19.4. The SMILES string of the molecule is Cc1ccc(O)c(-c2cccc(C(F)(F)F)c2)n1. The minimum Gasteiger partial charge on any atom is -0.506 e. The molecule has 0 saturated carbocycles. The molecule has 1 aromatic heterocycles. The lowest BCUT2D eigenvalue weighted by molar-refractivity contribution is -0.137. The Kier molecular flexibility index (Phi) is 2.98. The van der Waals surface area contributed by atoms with Gasteiger partial charge in [0, 0.05) is 11.3 Å². The Labute approximate surface area is 102 Å². The summed E-state index contributed by atoms with van der Waals surface area (Å²) in [6.07, 6.45) is -4.41. The molecule has 0 saturated heterocycles. The zero-order valence-electron chi connectivity index (χ0n) is 9.49. The quantitative estimate of drug-likeness (QED) is 0.838. The van der Waals surface area contributed by atoms with Crippen molar-refractivity contribution in [2.45, 2.75) is 13.1 Å². The number of aryl methyl sites for hydroxylation is 1. The summed E-state index contributed by atoms with van der Waals surface area (Å²) in [5, 5.41) is 9.64. The fourth-order valence-corrected chi connectivity index (χ4v) is 1.60. The summed E-state index contributed by atoms with van der Waals surface area (Å²) in [4.78, 5) is 4.05. The van der Waals surface area contributed by atoms with Crippen molar-refractivity contribution in [3.8, 4) is 17.0 Å². The van der Waals surface area contributed by atoms with E-state index >= 15 is 0 Å². The van der Waals surface area contributed by atoms with Gasteiger partial charge in [-0.2, -0.15) is 13.2 Å². The van der Waals surface area contributed by atoms with E-state index in [-0.39, 0.29) is 17.0 Å². The molecule has 0 aliphatic carbocycles. The summed E-state index contributed by atoms with van der Waals surface area (Å²) in [6.45, 7) is 1.70. The second-order valence-electron chi connectivity index (χ2n) is 3.90. The Hall–Kier alpha value is -2.04. The lowest BCUT2D eigenvalue weighted by atomic mass is 10.1. The van der Waals surface area contributed by atoms with Crippen molar-refractivity contribution in [1.82, 2.24) is 4.98 Å². The van der Waals surface area contributed by atoms with E-state index in [1.807, 2.05) is 0 Å². The molecule has 2 nitrogen and oxygen atoms in total. The third-order valence-electron chi connectivity index (χ3n) is 2.48. The third-order valence-corrected chi connectivity index (χ3v) is 2.48. The Morgan fingerprint density at radius 1 is 1.11 bits per heavy atom. The molecule has 0 fully saturated rings. The van der Waals surface area contributed by atoms with Crippen molar-refractivity contribution in [3.05, 3.63) is 47.7 Å². The lowest BCUT2D eigenvalue weighted by Crippen LogP contribution is -2.04. The molecule has 5 heteroatoms. The summed E-state index contributed by atoms with van der Waals surface area (Å²) in [5.74, 6) is -0.139. The zero-order chi connectivity index (χ0) is 13.3. The van der Waals surface area contributed by atoms with Crippen molar-refractivity contribution >= 4 is 0 Å². The first kappa shape index (κ1) is 12.4. The minimum atomic E-state index is -4.41. The van der Waals surface area contributed by atoms with Gasteiger partial charge in [-0.3, -0.25) is 0 Å². The van der Waals surface area contributed by atoms with Crippen LogP contribution in [0.1, 0.15) is 11.3 Å². The molecule has 0 amide bonds. The Morgan fingerprint density at radius 2 is 1.83 bits per heavy atom. The molecule has 18 heavy (non-hydrogen) atoms. The number of benzene rings is 1. The van der Waals surface area contributed by atoms with Crippen LogP contribution in [-0.2, 0) is 6.18 Å². The molecule has 2 rings (SSSR count). The molecular formula is C13H10F3NO. The van der Waals surface area contributed by atoms with E-state index in [0.29, 0.717) is 5.69 Å². The van der Waals surface area contributed by atoms with Gasteiger partial charge < -0.3 is 5.11 Å². The number of hydrogen-bond acceptors (Lipinski definition) is 2. The van der Waals surface area contributed by atoms with Gasteiger partial charge in [0.25, 0.3) is 0 Å². The predicted molar refractivity (Wildman–Crippen MR) is 61.1 cm³/mol. The van der Waals surface area contributed by atoms with E-state index in [0.717, 1.165) is 12.1 Å². The van der Waals surface area contributed by atoms with Crippen LogP contribution < -0.4 is 0 Å². The molecule has 94 valence electrons. The van der Waals surface area contributed by atoms with Crippen molar-refractivity contribution in [3.63, 3.8) is 0 Å². The lowest BCUT2D eigenvalue weighted by Gasteiger charge is -2.09. The number of aromatic hydroxyl groups is 1. The van der Waals surface area contributed by atoms with Crippen LogP contribution in [0.15, 0.2) is 36.4 Å². The number of rotatable bonds is 1. The van der Waals surface area contributed by atoms with Crippen molar-refractivity contribution < 1.29 is 18.3 Å². The smallest absolute Gasteiger partial charge is 0.416 e. The van der Waals surface area contributed by atoms with Crippen molar-refractivity contribution in [2.75, 3.05) is 0 Å². The normalized spacial score (nSPS) is 11.6. The second kappa shape index (κ2) is 4.33. The fourth-order valence-electron chi connectivity index (χ4n) is 1.60. The van der Waals surface area contributed by atoms with Crippen LogP contribution in [-0.4, -0.2) is 10.1 Å². The molecule has 0 radical (unpaired) electrons. The predicted octanol–water partition coefficient (Wildman–Crippen LogP) is 3.78. The van der Waals surface area contributed by atoms with E-state index in [1.165, 1.54) is 18.2 Å². The number of hydrogen-bond donors (Lipinski definition) is 1. The molecule has 1 aromatic carbocycles. The Bertz CT molecular complexity index is 579. The first-order valence-electron chi connectivity index (χ1n) is 5.22. The molecule has 1 heterocycles. The average Bonchev–Trinajstić information content (AvgIpc) is 2.31. The second-order valence-corrected chi connectivity index (χ2v) is 3.90. The van der Waals surface area contributed by atoms with Gasteiger partial charge in [0.1, 0.15) is 11.4 Å². The molecule has 0 unspecified atom stereocenters. The summed E-state index contributed by atoms with van der Waals surface area (Å²) >= 11 is 0. The highest BCUT2D eigenvalue weighted by Crippen LogP contribution is 2.33. The van der Waals surface area contributed by atoms with E-state index in [4.69, 9.17) is 0 Å². The summed E-state index contributed by atoms with van der Waals surface area (Å²) in [7, 11) is 0. The van der Waals surface area contributed by atoms with Crippen LogP contribution in [0.3, 0.4) is 0 Å². The number of aromatic nitrogens is 1. The largest absolute Gasteiger partial charge is 0.506 e. The highest BCUT2D eigenvalue weighted by molar-refractivity contribution is 5.66. The third kappa shape index (κ3) is 2.45. The summed E-state index contributed by atoms with van der Waals surface area (Å²) in [5.41, 5.74) is 0.259. The van der Waals surface area contributed by atoms with E-state index in [9.17, 15) is 18.3 Å². The van der Waals surface area contributed by atoms with Crippen LogP contribution in [0.2, 0.25) is 0 Å². The van der Waals surface area contributed by atoms with Gasteiger partial charge >= 0.3 is 6.18 Å². The maximum absolute atomic E-state index is 12.6. The van der Waals surface area contributed by atoms with Crippen LogP contribution in [0.5, 0.6) is 5.75 Å². The van der Waals surface area contributed by atoms with Gasteiger partial charge in [0.05, 0.1) is 5.56 Å². The van der Waals surface area contributed by atoms with Crippen molar-refractivity contribution in [1.29, 1.82) is 0 Å². The number of nitrogens with zero attached hydrogens (tertiary/aromatic N) is 1. The van der Waals surface area contributed by atoms with Crippen LogP contribution in [0.4, 0.5) is 13.2 Å². The molecule has 0 atom stereocenters. The van der Waals surface area contributed by atoms with Gasteiger partial charge in [-0.05, 0) is 31.2 Å². The Balaban J connectivity index is 2.55. The summed E-state index contributed by atoms with van der Waals surface area (Å²) in [6, 6.07) is 7.74. The zero-order valence-corrected chi connectivity index (χ0v) is 9.49. The molecular weight excluding hydrogens is 243 g/mol. The maximum atomic E-state index is 12.6. The first-order chi connectivity index (χ1) is 8.38. The van der Waals surface area contributed by atoms with Crippen LogP contribution >= 0.6 is 0 Å². The van der Waals surface area contributed by atoms with Gasteiger partial charge in [0.2, 0.25) is 0 Å². The first-order valence-corrected chi connectivity index (χ1v) is 5.22. The van der Waals surface area contributed by atoms with E-state index in [1.54, 1.807) is 13.0 Å². The van der Waals surface area contributed by atoms with Gasteiger partial charge in [-0.1, -0.05) is 12.1 Å². The molecule has 0 aliphatic rings. The molecule has 2 aromatic rings. The fraction of sp³-hybridized carbons (Fsp3) is 0.154. The minimum absolute atomic E-state index is 0.139. The van der Waals surface area contributed by atoms with Crippen molar-refractivity contribution in [2.24, 2.45) is 0 Å². The molecule has 0 aliphatic heterocycles. The number of alkyl halides is 3. The van der Waals surface area contributed by atoms with E-state index < -0.39 is 11.7 Å². The van der Waals surface area contributed by atoms with Gasteiger partial charge in [0.15, 0.2) is 0 Å². The summed E-state index contributed by atoms with van der Waals surface area (Å²) < 4.78 is 37.7. The number of pyridine rings is 1. The highest BCUT2D eigenvalue weighted by Gasteiger charge is 2.30. The maximum Gasteiger partial charge on any atom is 0.416 e.